The summed E-state index contributed by atoms with van der Waals surface area (Å²) < 4.78 is 0. The summed E-state index contributed by atoms with van der Waals surface area (Å²) in [6.07, 6.45) is 6.90. The third kappa shape index (κ3) is 5.91. The highest BCUT2D eigenvalue weighted by Gasteiger charge is 2.22. The molecule has 0 heterocycles. The van der Waals surface area contributed by atoms with Crippen LogP contribution < -0.4 is 5.73 Å². The smallest absolute Gasteiger partial charge is 0.222 e. The molecule has 0 aromatic heterocycles. The summed E-state index contributed by atoms with van der Waals surface area (Å²) in [7, 11) is 0. The van der Waals surface area contributed by atoms with Crippen molar-refractivity contribution in [3.63, 3.8) is 0 Å². The van der Waals surface area contributed by atoms with E-state index in [1.807, 2.05) is 18.7 Å². The molecule has 4 heteroatoms. The molecule has 0 aromatic carbocycles. The molecule has 0 spiro atoms. The van der Waals surface area contributed by atoms with Crippen LogP contribution in [-0.2, 0) is 4.79 Å². The molecule has 1 saturated carbocycles. The second kappa shape index (κ2) is 8.54. The van der Waals surface area contributed by atoms with E-state index in [9.17, 15) is 4.79 Å². The van der Waals surface area contributed by atoms with Gasteiger partial charge in [-0.1, -0.05) is 12.8 Å². The van der Waals surface area contributed by atoms with Gasteiger partial charge in [-0.25, -0.2) is 0 Å². The molecule has 1 rings (SSSR count). The fourth-order valence-electron chi connectivity index (χ4n) is 2.98. The number of aliphatic hydroxyl groups is 1. The molecule has 0 aromatic rings. The Morgan fingerprint density at radius 3 is 2.74 bits per heavy atom. The molecule has 2 unspecified atom stereocenters. The molecule has 1 aliphatic rings. The van der Waals surface area contributed by atoms with Gasteiger partial charge in [0.05, 0.1) is 0 Å². The molecule has 0 aliphatic heterocycles. The van der Waals surface area contributed by atoms with Gasteiger partial charge in [0.2, 0.25) is 5.91 Å². The predicted molar refractivity (Wildman–Crippen MR) is 77.7 cm³/mol. The van der Waals surface area contributed by atoms with E-state index in [0.717, 1.165) is 19.3 Å². The lowest BCUT2D eigenvalue weighted by Gasteiger charge is -2.29. The van der Waals surface area contributed by atoms with Gasteiger partial charge in [0.1, 0.15) is 0 Å². The van der Waals surface area contributed by atoms with Crippen molar-refractivity contribution >= 4 is 5.91 Å². The maximum Gasteiger partial charge on any atom is 0.222 e. The molecular weight excluding hydrogens is 240 g/mol. The van der Waals surface area contributed by atoms with Crippen LogP contribution in [0.15, 0.2) is 0 Å². The molecule has 0 radical (unpaired) electrons. The second-order valence-electron chi connectivity index (χ2n) is 6.09. The third-order valence-corrected chi connectivity index (χ3v) is 4.09. The van der Waals surface area contributed by atoms with Crippen molar-refractivity contribution in [2.75, 3.05) is 13.2 Å². The first-order valence-electron chi connectivity index (χ1n) is 7.70. The Morgan fingerprint density at radius 2 is 2.16 bits per heavy atom. The minimum absolute atomic E-state index is 0.147. The molecular formula is C15H30N2O2. The average molecular weight is 270 g/mol. The summed E-state index contributed by atoms with van der Waals surface area (Å²) in [6, 6.07) is 0.553. The number of carbonyl (C=O) groups excluding carboxylic acids is 1. The number of hydrogen-bond acceptors (Lipinski definition) is 3. The largest absolute Gasteiger partial charge is 0.396 e. The minimum atomic E-state index is 0.147. The number of nitrogens with two attached hydrogens (primary N) is 1. The zero-order chi connectivity index (χ0) is 14.3. The average Bonchev–Trinajstić information content (AvgIpc) is 2.36. The first-order chi connectivity index (χ1) is 9.04. The highest BCUT2D eigenvalue weighted by atomic mass is 16.3. The van der Waals surface area contributed by atoms with E-state index in [0.29, 0.717) is 31.3 Å². The molecule has 2 atom stereocenters. The first kappa shape index (κ1) is 16.4. The normalized spacial score (nSPS) is 23.6. The number of carbonyl (C=O) groups is 1. The van der Waals surface area contributed by atoms with Crippen molar-refractivity contribution in [1.29, 1.82) is 0 Å². The first-order valence-corrected chi connectivity index (χ1v) is 7.70. The molecule has 3 N–H and O–H groups in total. The Bertz CT molecular complexity index is 269. The van der Waals surface area contributed by atoms with Gasteiger partial charge >= 0.3 is 0 Å². The van der Waals surface area contributed by atoms with E-state index >= 15 is 0 Å². The Labute approximate surface area is 117 Å². The van der Waals surface area contributed by atoms with Crippen LogP contribution >= 0.6 is 0 Å². The van der Waals surface area contributed by atoms with Gasteiger partial charge < -0.3 is 15.7 Å². The summed E-state index contributed by atoms with van der Waals surface area (Å²) in [4.78, 5) is 14.1. The van der Waals surface area contributed by atoms with E-state index in [-0.39, 0.29) is 18.6 Å². The maximum atomic E-state index is 12.2. The van der Waals surface area contributed by atoms with Crippen LogP contribution in [0.5, 0.6) is 0 Å². The fourth-order valence-corrected chi connectivity index (χ4v) is 2.98. The maximum absolute atomic E-state index is 12.2. The lowest BCUT2D eigenvalue weighted by Crippen LogP contribution is -2.38. The summed E-state index contributed by atoms with van der Waals surface area (Å²) in [6.45, 7) is 4.88. The van der Waals surface area contributed by atoms with Crippen LogP contribution in [0.1, 0.15) is 58.8 Å². The van der Waals surface area contributed by atoms with Crippen LogP contribution in [0.3, 0.4) is 0 Å². The van der Waals surface area contributed by atoms with Crippen molar-refractivity contribution in [1.82, 2.24) is 4.90 Å². The molecule has 112 valence electrons. The molecule has 19 heavy (non-hydrogen) atoms. The Morgan fingerprint density at radius 1 is 1.42 bits per heavy atom. The van der Waals surface area contributed by atoms with Crippen molar-refractivity contribution in [3.8, 4) is 0 Å². The van der Waals surface area contributed by atoms with Crippen LogP contribution in [0.2, 0.25) is 0 Å². The van der Waals surface area contributed by atoms with E-state index in [4.69, 9.17) is 10.8 Å². The quantitative estimate of drug-likeness (QED) is 0.742. The van der Waals surface area contributed by atoms with E-state index < -0.39 is 0 Å². The third-order valence-electron chi connectivity index (χ3n) is 4.09. The van der Waals surface area contributed by atoms with Crippen LogP contribution in [0.4, 0.5) is 0 Å². The molecule has 1 amide bonds. The monoisotopic (exact) mass is 270 g/mol. The lowest BCUT2D eigenvalue weighted by molar-refractivity contribution is -0.133. The van der Waals surface area contributed by atoms with Gasteiger partial charge in [-0.2, -0.15) is 0 Å². The second-order valence-corrected chi connectivity index (χ2v) is 6.09. The van der Waals surface area contributed by atoms with Crippen molar-refractivity contribution < 1.29 is 9.90 Å². The number of amides is 1. The van der Waals surface area contributed by atoms with Crippen LogP contribution in [-0.4, -0.2) is 41.1 Å². The van der Waals surface area contributed by atoms with Gasteiger partial charge in [-0.3, -0.25) is 4.79 Å². The lowest BCUT2D eigenvalue weighted by atomic mass is 9.83. The molecule has 0 saturated heterocycles. The number of rotatable bonds is 7. The van der Waals surface area contributed by atoms with Crippen molar-refractivity contribution in [3.05, 3.63) is 0 Å². The summed E-state index contributed by atoms with van der Waals surface area (Å²) in [5.74, 6) is 0.849. The molecule has 0 bridgehead atoms. The van der Waals surface area contributed by atoms with Crippen LogP contribution in [0, 0.1) is 5.92 Å². The van der Waals surface area contributed by atoms with Gasteiger partial charge in [0.15, 0.2) is 0 Å². The molecule has 1 aliphatic carbocycles. The summed E-state index contributed by atoms with van der Waals surface area (Å²) >= 11 is 0. The van der Waals surface area contributed by atoms with Gasteiger partial charge in [-0.15, -0.1) is 0 Å². The SMILES string of the molecule is CC(C)N(CCCO)C(=O)CCC1CCCC(N)C1. The zero-order valence-corrected chi connectivity index (χ0v) is 12.5. The highest BCUT2D eigenvalue weighted by Crippen LogP contribution is 2.27. The van der Waals surface area contributed by atoms with Gasteiger partial charge in [0.25, 0.3) is 0 Å². The number of aliphatic hydroxyl groups excluding tert-OH is 1. The molecule has 1 fully saturated rings. The standard InChI is InChI=1S/C15H30N2O2/c1-12(2)17(9-4-10-18)15(19)8-7-13-5-3-6-14(16)11-13/h12-14,18H,3-11,16H2,1-2H3. The Kier molecular flexibility index (Phi) is 7.39. The number of hydrogen-bond donors (Lipinski definition) is 2. The summed E-state index contributed by atoms with van der Waals surface area (Å²) in [5.41, 5.74) is 5.98. The van der Waals surface area contributed by atoms with E-state index in [1.54, 1.807) is 0 Å². The Balaban J connectivity index is 2.34. The summed E-state index contributed by atoms with van der Waals surface area (Å²) in [5, 5.41) is 8.89. The van der Waals surface area contributed by atoms with Gasteiger partial charge in [-0.05, 0) is 45.4 Å². The van der Waals surface area contributed by atoms with Crippen LogP contribution in [0.25, 0.3) is 0 Å². The topological polar surface area (TPSA) is 66.6 Å². The Hall–Kier alpha value is -0.610. The highest BCUT2D eigenvalue weighted by molar-refractivity contribution is 5.76. The van der Waals surface area contributed by atoms with Gasteiger partial charge in [0, 0.05) is 31.7 Å². The fraction of sp³-hybridized carbons (Fsp3) is 0.933. The number of nitrogens with zero attached hydrogens (tertiary/aromatic N) is 1. The van der Waals surface area contributed by atoms with E-state index in [1.165, 1.54) is 12.8 Å². The zero-order valence-electron chi connectivity index (χ0n) is 12.5. The van der Waals surface area contributed by atoms with Crippen molar-refractivity contribution in [2.45, 2.75) is 70.9 Å². The predicted octanol–water partition coefficient (Wildman–Crippen LogP) is 1.90. The molecule has 4 nitrogen and oxygen atoms in total. The minimum Gasteiger partial charge on any atom is -0.396 e. The van der Waals surface area contributed by atoms with Crippen molar-refractivity contribution in [2.24, 2.45) is 11.7 Å². The van der Waals surface area contributed by atoms with E-state index in [2.05, 4.69) is 0 Å².